The van der Waals surface area contributed by atoms with E-state index in [1.165, 1.54) is 5.56 Å². The zero-order chi connectivity index (χ0) is 22.2. The summed E-state index contributed by atoms with van der Waals surface area (Å²) in [6.07, 6.45) is 0.476. The van der Waals surface area contributed by atoms with Gasteiger partial charge in [-0.25, -0.2) is 4.98 Å². The summed E-state index contributed by atoms with van der Waals surface area (Å²) in [5.41, 5.74) is 2.17. The molecule has 0 N–H and O–H groups in total. The number of nitrogens with zero attached hydrogens (tertiary/aromatic N) is 3. The molecule has 2 aromatic carbocycles. The van der Waals surface area contributed by atoms with Crippen LogP contribution in [0.4, 0.5) is 5.13 Å². The number of ether oxygens (including phenoxy) is 1. The van der Waals surface area contributed by atoms with Gasteiger partial charge in [0.15, 0.2) is 5.13 Å². The van der Waals surface area contributed by atoms with Crippen molar-refractivity contribution in [3.05, 3.63) is 48.0 Å². The normalized spacial score (nSPS) is 10.9. The molecular formula is C24H32ClN3O2S2. The number of carbonyl (C=O) groups excluding carboxylic acids is 1. The van der Waals surface area contributed by atoms with Gasteiger partial charge >= 0.3 is 0 Å². The van der Waals surface area contributed by atoms with Crippen molar-refractivity contribution in [2.45, 2.75) is 32.1 Å². The van der Waals surface area contributed by atoms with Gasteiger partial charge in [-0.2, -0.15) is 0 Å². The van der Waals surface area contributed by atoms with Crippen LogP contribution < -0.4 is 9.64 Å². The van der Waals surface area contributed by atoms with E-state index in [1.54, 1.807) is 30.2 Å². The number of benzene rings is 2. The third kappa shape index (κ3) is 7.10. The maximum atomic E-state index is 13.2. The van der Waals surface area contributed by atoms with Gasteiger partial charge in [-0.15, -0.1) is 24.2 Å². The average Bonchev–Trinajstić information content (AvgIpc) is 3.19. The summed E-state index contributed by atoms with van der Waals surface area (Å²) in [6, 6.07) is 14.2. The van der Waals surface area contributed by atoms with Crippen LogP contribution in [0.2, 0.25) is 0 Å². The Morgan fingerprint density at radius 1 is 1.09 bits per heavy atom. The quantitative estimate of drug-likeness (QED) is 0.311. The number of fused-ring (bicyclic) bond motifs is 1. The number of thiazole rings is 1. The molecule has 1 amide bonds. The number of likely N-dealkylation sites (N-methyl/N-ethyl adjacent to an activating group) is 1. The van der Waals surface area contributed by atoms with Crippen molar-refractivity contribution in [3.63, 3.8) is 0 Å². The van der Waals surface area contributed by atoms with Gasteiger partial charge in [0.2, 0.25) is 5.91 Å². The molecule has 5 nitrogen and oxygen atoms in total. The highest BCUT2D eigenvalue weighted by Gasteiger charge is 2.20. The second-order valence-corrected chi connectivity index (χ2v) is 9.49. The van der Waals surface area contributed by atoms with Crippen LogP contribution in [0.5, 0.6) is 5.75 Å². The Labute approximate surface area is 205 Å². The molecule has 32 heavy (non-hydrogen) atoms. The van der Waals surface area contributed by atoms with Crippen molar-refractivity contribution in [3.8, 4) is 5.75 Å². The first kappa shape index (κ1) is 26.5. The lowest BCUT2D eigenvalue weighted by molar-refractivity contribution is -0.118. The zero-order valence-electron chi connectivity index (χ0n) is 19.2. The van der Waals surface area contributed by atoms with Crippen LogP contribution in [0.25, 0.3) is 10.2 Å². The predicted molar refractivity (Wildman–Crippen MR) is 140 cm³/mol. The molecule has 0 saturated heterocycles. The first-order chi connectivity index (χ1) is 15.0. The molecule has 1 aromatic heterocycles. The van der Waals surface area contributed by atoms with E-state index >= 15 is 0 Å². The molecule has 1 heterocycles. The lowest BCUT2D eigenvalue weighted by Gasteiger charge is -2.24. The standard InChI is InChI=1S/C24H31N3O2S2.ClH/c1-5-26(6-2)14-15-27(24-25-21-12-7-18(3)17-22(21)31-24)23(28)13-16-30-20-10-8-19(29-4)9-11-20;/h7-12,17H,5-6,13-16H2,1-4H3;1H. The highest BCUT2D eigenvalue weighted by atomic mass is 35.5. The number of hydrogen-bond donors (Lipinski definition) is 0. The molecular weight excluding hydrogens is 462 g/mol. The van der Waals surface area contributed by atoms with E-state index in [-0.39, 0.29) is 18.3 Å². The number of halogens is 1. The number of amides is 1. The van der Waals surface area contributed by atoms with Crippen molar-refractivity contribution >= 4 is 56.8 Å². The molecule has 0 atom stereocenters. The van der Waals surface area contributed by atoms with Gasteiger partial charge in [-0.1, -0.05) is 31.3 Å². The highest BCUT2D eigenvalue weighted by Crippen LogP contribution is 2.30. The van der Waals surface area contributed by atoms with Gasteiger partial charge in [0.25, 0.3) is 0 Å². The average molecular weight is 494 g/mol. The Bertz CT molecular complexity index is 991. The van der Waals surface area contributed by atoms with Crippen LogP contribution in [0.1, 0.15) is 25.8 Å². The molecule has 0 saturated carbocycles. The van der Waals surface area contributed by atoms with Gasteiger partial charge in [-0.3, -0.25) is 9.69 Å². The zero-order valence-corrected chi connectivity index (χ0v) is 21.6. The summed E-state index contributed by atoms with van der Waals surface area (Å²) in [4.78, 5) is 23.3. The van der Waals surface area contributed by atoms with E-state index in [9.17, 15) is 4.79 Å². The molecule has 0 aliphatic rings. The Morgan fingerprint density at radius 3 is 2.47 bits per heavy atom. The van der Waals surface area contributed by atoms with Crippen LogP contribution in [-0.4, -0.2) is 54.8 Å². The fraction of sp³-hybridized carbons (Fsp3) is 0.417. The maximum Gasteiger partial charge on any atom is 0.229 e. The molecule has 3 aromatic rings. The number of aromatic nitrogens is 1. The number of carbonyl (C=O) groups is 1. The Hall–Kier alpha value is -1.80. The van der Waals surface area contributed by atoms with Crippen molar-refractivity contribution in [1.82, 2.24) is 9.88 Å². The summed E-state index contributed by atoms with van der Waals surface area (Å²) < 4.78 is 6.34. The highest BCUT2D eigenvalue weighted by molar-refractivity contribution is 7.99. The van der Waals surface area contributed by atoms with Gasteiger partial charge < -0.3 is 9.64 Å². The van der Waals surface area contributed by atoms with Crippen molar-refractivity contribution in [2.24, 2.45) is 0 Å². The largest absolute Gasteiger partial charge is 0.497 e. The van der Waals surface area contributed by atoms with E-state index in [0.29, 0.717) is 13.0 Å². The third-order valence-corrected chi connectivity index (χ3v) is 7.30. The Kier molecular flexibility index (Phi) is 10.8. The Morgan fingerprint density at radius 2 is 1.81 bits per heavy atom. The number of methoxy groups -OCH3 is 1. The molecule has 0 fully saturated rings. The minimum absolute atomic E-state index is 0. The molecule has 0 bridgehead atoms. The third-order valence-electron chi connectivity index (χ3n) is 5.24. The van der Waals surface area contributed by atoms with E-state index in [1.807, 2.05) is 35.2 Å². The van der Waals surface area contributed by atoms with Gasteiger partial charge in [0.1, 0.15) is 5.75 Å². The van der Waals surface area contributed by atoms with Crippen LogP contribution in [0, 0.1) is 6.92 Å². The fourth-order valence-corrected chi connectivity index (χ4v) is 5.25. The lowest BCUT2D eigenvalue weighted by atomic mass is 10.2. The number of thioether (sulfide) groups is 1. The number of anilines is 1. The molecule has 8 heteroatoms. The van der Waals surface area contributed by atoms with Gasteiger partial charge in [0.05, 0.1) is 17.3 Å². The summed E-state index contributed by atoms with van der Waals surface area (Å²) >= 11 is 3.29. The molecule has 0 spiro atoms. The lowest BCUT2D eigenvalue weighted by Crippen LogP contribution is -2.39. The smallest absolute Gasteiger partial charge is 0.229 e. The number of rotatable bonds is 11. The SMILES string of the molecule is CCN(CC)CCN(C(=O)CCSc1ccc(OC)cc1)c1nc2ccc(C)cc2s1.Cl. The first-order valence-electron chi connectivity index (χ1n) is 10.7. The first-order valence-corrected chi connectivity index (χ1v) is 12.5. The number of hydrogen-bond acceptors (Lipinski definition) is 6. The molecule has 0 unspecified atom stereocenters. The summed E-state index contributed by atoms with van der Waals surface area (Å²) in [5, 5.41) is 0.798. The van der Waals surface area contributed by atoms with E-state index in [0.717, 1.165) is 51.4 Å². The van der Waals surface area contributed by atoms with E-state index in [4.69, 9.17) is 9.72 Å². The summed E-state index contributed by atoms with van der Waals surface area (Å²) in [6.45, 7) is 9.85. The van der Waals surface area contributed by atoms with Crippen LogP contribution >= 0.6 is 35.5 Å². The number of aryl methyl sites for hydroxylation is 1. The summed E-state index contributed by atoms with van der Waals surface area (Å²) in [7, 11) is 1.66. The second kappa shape index (κ2) is 13.0. The van der Waals surface area contributed by atoms with Gasteiger partial charge in [-0.05, 0) is 62.0 Å². The molecule has 0 aliphatic carbocycles. The minimum Gasteiger partial charge on any atom is -0.497 e. The predicted octanol–water partition coefficient (Wildman–Crippen LogP) is 5.89. The molecule has 0 radical (unpaired) electrons. The van der Waals surface area contributed by atoms with E-state index < -0.39 is 0 Å². The minimum atomic E-state index is 0. The van der Waals surface area contributed by atoms with Crippen LogP contribution in [0.15, 0.2) is 47.4 Å². The van der Waals surface area contributed by atoms with E-state index in [2.05, 4.69) is 37.8 Å². The molecule has 0 aliphatic heterocycles. The monoisotopic (exact) mass is 493 g/mol. The second-order valence-electron chi connectivity index (χ2n) is 7.31. The Balaban J connectivity index is 0.00000363. The van der Waals surface area contributed by atoms with Crippen molar-refractivity contribution in [2.75, 3.05) is 43.9 Å². The topological polar surface area (TPSA) is 45.7 Å². The van der Waals surface area contributed by atoms with Crippen LogP contribution in [-0.2, 0) is 4.79 Å². The maximum absolute atomic E-state index is 13.2. The van der Waals surface area contributed by atoms with Crippen molar-refractivity contribution in [1.29, 1.82) is 0 Å². The molecule has 3 rings (SSSR count). The summed E-state index contributed by atoms with van der Waals surface area (Å²) in [5.74, 6) is 1.70. The van der Waals surface area contributed by atoms with Crippen LogP contribution in [0.3, 0.4) is 0 Å². The molecule has 174 valence electrons. The van der Waals surface area contributed by atoms with Crippen molar-refractivity contribution < 1.29 is 9.53 Å². The fourth-order valence-electron chi connectivity index (χ4n) is 3.31. The van der Waals surface area contributed by atoms with Gasteiger partial charge in [0, 0.05) is 30.2 Å².